The summed E-state index contributed by atoms with van der Waals surface area (Å²) in [5.74, 6) is 2.60. The lowest BCUT2D eigenvalue weighted by molar-refractivity contribution is 0.0732. The number of benzene rings is 2. The summed E-state index contributed by atoms with van der Waals surface area (Å²) >= 11 is 6.30. The third kappa shape index (κ3) is 4.73. The van der Waals surface area contributed by atoms with E-state index < -0.39 is 0 Å². The number of hydrogen-bond acceptors (Lipinski definition) is 5. The summed E-state index contributed by atoms with van der Waals surface area (Å²) in [6, 6.07) is 15.1. The van der Waals surface area contributed by atoms with Crippen LogP contribution in [0.3, 0.4) is 0 Å². The number of hydrogen-bond donors (Lipinski definition) is 0. The quantitative estimate of drug-likeness (QED) is 0.486. The molecule has 2 aromatic carbocycles. The smallest absolute Gasteiger partial charge is 0.255 e. The largest absolute Gasteiger partial charge is 0.438 e. The maximum absolute atomic E-state index is 13.2. The Kier molecular flexibility index (Phi) is 6.42. The van der Waals surface area contributed by atoms with Gasteiger partial charge in [-0.25, -0.2) is 4.98 Å². The minimum atomic E-state index is -0.0911. The zero-order valence-corrected chi connectivity index (χ0v) is 20.4. The van der Waals surface area contributed by atoms with Crippen molar-refractivity contribution in [2.24, 2.45) is 5.92 Å². The van der Waals surface area contributed by atoms with Crippen molar-refractivity contribution in [1.29, 1.82) is 0 Å². The monoisotopic (exact) mass is 476 g/mol. The number of ether oxygens (including phenoxy) is 1. The molecule has 2 aliphatic heterocycles. The third-order valence-corrected chi connectivity index (χ3v) is 7.03. The zero-order chi connectivity index (χ0) is 23.7. The molecule has 0 aliphatic carbocycles. The van der Waals surface area contributed by atoms with Crippen LogP contribution in [0.25, 0.3) is 0 Å². The average Bonchev–Trinajstić information content (AvgIpc) is 2.85. The van der Waals surface area contributed by atoms with E-state index in [1.165, 1.54) is 0 Å². The molecule has 1 aromatic heterocycles. The number of aryl methyl sites for hydroxylation is 1. The summed E-state index contributed by atoms with van der Waals surface area (Å²) in [6.45, 7) is 7.19. The molecular formula is C27H29ClN4O2. The third-order valence-electron chi connectivity index (χ3n) is 6.70. The number of halogens is 1. The van der Waals surface area contributed by atoms with Crippen LogP contribution < -0.4 is 9.64 Å². The molecule has 0 saturated carbocycles. The molecule has 0 unspecified atom stereocenters. The van der Waals surface area contributed by atoms with E-state index in [0.29, 0.717) is 36.0 Å². The van der Waals surface area contributed by atoms with Gasteiger partial charge in [-0.1, -0.05) is 48.4 Å². The van der Waals surface area contributed by atoms with E-state index in [1.54, 1.807) is 17.0 Å². The molecule has 0 N–H and O–H groups in total. The zero-order valence-electron chi connectivity index (χ0n) is 19.6. The molecule has 3 heterocycles. The Morgan fingerprint density at radius 3 is 2.50 bits per heavy atom. The van der Waals surface area contributed by atoms with Gasteiger partial charge in [0.05, 0.1) is 28.4 Å². The van der Waals surface area contributed by atoms with Crippen LogP contribution >= 0.6 is 11.6 Å². The highest BCUT2D eigenvalue weighted by atomic mass is 35.5. The molecule has 6 nitrogen and oxygen atoms in total. The molecule has 0 bridgehead atoms. The molecule has 176 valence electrons. The topological polar surface area (TPSA) is 58.6 Å². The van der Waals surface area contributed by atoms with Gasteiger partial charge in [-0.3, -0.25) is 4.79 Å². The first-order valence-electron chi connectivity index (χ1n) is 11.9. The molecular weight excluding hydrogens is 448 g/mol. The van der Waals surface area contributed by atoms with Crippen molar-refractivity contribution >= 4 is 23.5 Å². The number of carbonyl (C=O) groups excluding carboxylic acids is 1. The molecule has 34 heavy (non-hydrogen) atoms. The number of carbonyl (C=O) groups is 1. The van der Waals surface area contributed by atoms with Crippen LogP contribution in [0.1, 0.15) is 46.9 Å². The number of piperidine rings is 1. The van der Waals surface area contributed by atoms with Crippen LogP contribution in [-0.4, -0.2) is 40.4 Å². The van der Waals surface area contributed by atoms with Crippen LogP contribution in [0.15, 0.2) is 48.5 Å². The van der Waals surface area contributed by atoms with Gasteiger partial charge in [0.15, 0.2) is 0 Å². The lowest BCUT2D eigenvalue weighted by Crippen LogP contribution is -2.38. The predicted molar refractivity (Wildman–Crippen MR) is 134 cm³/mol. The van der Waals surface area contributed by atoms with Gasteiger partial charge in [0, 0.05) is 26.1 Å². The van der Waals surface area contributed by atoms with E-state index in [1.807, 2.05) is 43.3 Å². The van der Waals surface area contributed by atoms with E-state index in [0.717, 1.165) is 60.4 Å². The molecule has 1 fully saturated rings. The van der Waals surface area contributed by atoms with Gasteiger partial charge in [-0.05, 0) is 49.9 Å². The number of aromatic nitrogens is 2. The molecule has 1 amide bonds. The fourth-order valence-corrected chi connectivity index (χ4v) is 4.72. The Bertz CT molecular complexity index is 1190. The lowest BCUT2D eigenvalue weighted by atomic mass is 9.99. The SMILES string of the molecule is Cc1ccc(Oc2nc(N3CCC(C)CC3)nc3c2CN(C(=O)c2ccccc2Cl)CC3)cc1. The maximum Gasteiger partial charge on any atom is 0.255 e. The summed E-state index contributed by atoms with van der Waals surface area (Å²) < 4.78 is 6.30. The van der Waals surface area contributed by atoms with Crippen LogP contribution in [0, 0.1) is 12.8 Å². The van der Waals surface area contributed by atoms with Crippen molar-refractivity contribution in [2.75, 3.05) is 24.5 Å². The van der Waals surface area contributed by atoms with Gasteiger partial charge in [0.1, 0.15) is 5.75 Å². The molecule has 0 atom stereocenters. The lowest BCUT2D eigenvalue weighted by Gasteiger charge is -2.33. The maximum atomic E-state index is 13.2. The summed E-state index contributed by atoms with van der Waals surface area (Å²) in [4.78, 5) is 27.1. The Morgan fingerprint density at radius 1 is 1.03 bits per heavy atom. The molecule has 3 aromatic rings. The van der Waals surface area contributed by atoms with Crippen molar-refractivity contribution in [2.45, 2.75) is 39.7 Å². The number of nitrogens with zero attached hydrogens (tertiary/aromatic N) is 4. The van der Waals surface area contributed by atoms with Crippen LogP contribution in [-0.2, 0) is 13.0 Å². The molecule has 2 aliphatic rings. The Labute approximate surface area is 205 Å². The van der Waals surface area contributed by atoms with E-state index in [-0.39, 0.29) is 5.91 Å². The summed E-state index contributed by atoms with van der Waals surface area (Å²) in [5, 5.41) is 0.459. The van der Waals surface area contributed by atoms with Crippen molar-refractivity contribution in [3.05, 3.63) is 75.9 Å². The summed E-state index contributed by atoms with van der Waals surface area (Å²) in [5.41, 5.74) is 3.49. The van der Waals surface area contributed by atoms with Crippen LogP contribution in [0.5, 0.6) is 11.6 Å². The van der Waals surface area contributed by atoms with E-state index in [9.17, 15) is 4.79 Å². The predicted octanol–water partition coefficient (Wildman–Crippen LogP) is 5.67. The molecule has 0 spiro atoms. The molecule has 7 heteroatoms. The van der Waals surface area contributed by atoms with Gasteiger partial charge in [0.2, 0.25) is 11.8 Å². The second-order valence-corrected chi connectivity index (χ2v) is 9.70. The Balaban J connectivity index is 1.48. The van der Waals surface area contributed by atoms with Gasteiger partial charge in [-0.2, -0.15) is 4.98 Å². The van der Waals surface area contributed by atoms with Gasteiger partial charge < -0.3 is 14.5 Å². The van der Waals surface area contributed by atoms with Crippen molar-refractivity contribution in [1.82, 2.24) is 14.9 Å². The Morgan fingerprint density at radius 2 is 1.76 bits per heavy atom. The number of anilines is 1. The van der Waals surface area contributed by atoms with Crippen molar-refractivity contribution in [3.8, 4) is 11.6 Å². The summed E-state index contributed by atoms with van der Waals surface area (Å²) in [6.07, 6.45) is 2.92. The normalized spacial score (nSPS) is 16.3. The van der Waals surface area contributed by atoms with E-state index in [4.69, 9.17) is 26.3 Å². The minimum absolute atomic E-state index is 0.0911. The standard InChI is InChI=1S/C27H29ClN4O2/c1-18-7-9-20(10-8-18)34-25-22-17-32(26(33)21-5-3-4-6-23(21)28)16-13-24(22)29-27(30-25)31-14-11-19(2)12-15-31/h3-10,19H,11-17H2,1-2H3. The Hall–Kier alpha value is -3.12. The second-order valence-electron chi connectivity index (χ2n) is 9.30. The number of fused-ring (bicyclic) bond motifs is 1. The first-order chi connectivity index (χ1) is 16.5. The van der Waals surface area contributed by atoms with Gasteiger partial charge >= 0.3 is 0 Å². The highest BCUT2D eigenvalue weighted by Crippen LogP contribution is 2.33. The average molecular weight is 477 g/mol. The summed E-state index contributed by atoms with van der Waals surface area (Å²) in [7, 11) is 0. The molecule has 0 radical (unpaired) electrons. The van der Waals surface area contributed by atoms with Crippen molar-refractivity contribution in [3.63, 3.8) is 0 Å². The minimum Gasteiger partial charge on any atom is -0.438 e. The number of rotatable bonds is 4. The highest BCUT2D eigenvalue weighted by molar-refractivity contribution is 6.33. The van der Waals surface area contributed by atoms with Gasteiger partial charge in [0.25, 0.3) is 5.91 Å². The first kappa shape index (κ1) is 22.7. The fraction of sp³-hybridized carbons (Fsp3) is 0.370. The first-order valence-corrected chi connectivity index (χ1v) is 12.3. The van der Waals surface area contributed by atoms with E-state index in [2.05, 4.69) is 11.8 Å². The van der Waals surface area contributed by atoms with E-state index >= 15 is 0 Å². The van der Waals surface area contributed by atoms with Gasteiger partial charge in [-0.15, -0.1) is 0 Å². The highest BCUT2D eigenvalue weighted by Gasteiger charge is 2.29. The number of amides is 1. The van der Waals surface area contributed by atoms with Crippen LogP contribution in [0.2, 0.25) is 5.02 Å². The fourth-order valence-electron chi connectivity index (χ4n) is 4.50. The molecule has 1 saturated heterocycles. The van der Waals surface area contributed by atoms with Crippen LogP contribution in [0.4, 0.5) is 5.95 Å². The molecule has 5 rings (SSSR count). The van der Waals surface area contributed by atoms with Crippen molar-refractivity contribution < 1.29 is 9.53 Å². The second kappa shape index (κ2) is 9.63.